The predicted molar refractivity (Wildman–Crippen MR) is 327 cm³/mol. The summed E-state index contributed by atoms with van der Waals surface area (Å²) >= 11 is 0. The summed E-state index contributed by atoms with van der Waals surface area (Å²) in [6.07, 6.45) is 0. The monoisotopic (exact) mass is 977 g/mol. The lowest BCUT2D eigenvalue weighted by Crippen LogP contribution is -1.94. The first-order valence-corrected chi connectivity index (χ1v) is 26.5. The van der Waals surface area contributed by atoms with Crippen LogP contribution in [0.5, 0.6) is 0 Å². The lowest BCUT2D eigenvalue weighted by Gasteiger charge is -2.11. The molecule has 0 fully saturated rings. The molecule has 0 N–H and O–H groups in total. The fourth-order valence-electron chi connectivity index (χ4n) is 11.2. The van der Waals surface area contributed by atoms with Gasteiger partial charge in [0.2, 0.25) is 0 Å². The summed E-state index contributed by atoms with van der Waals surface area (Å²) in [5, 5.41) is 4.95. The highest BCUT2D eigenvalue weighted by atomic mass is 15.0. The van der Waals surface area contributed by atoms with E-state index in [2.05, 4.69) is 314 Å². The lowest BCUT2D eigenvalue weighted by atomic mass is 9.96. The summed E-state index contributed by atoms with van der Waals surface area (Å²) < 4.78 is 2.43. The largest absolute Gasteiger partial charge is 0.309 e. The maximum absolute atomic E-state index is 2.43. The summed E-state index contributed by atoms with van der Waals surface area (Å²) in [7, 11) is 0. The van der Waals surface area contributed by atoms with Crippen LogP contribution in [-0.4, -0.2) is 4.57 Å². The second kappa shape index (κ2) is 19.6. The van der Waals surface area contributed by atoms with E-state index in [1.54, 1.807) is 0 Å². The SMILES string of the molecule is c1ccc(-c2ccc(-c3ccc(-c4ccc(-c5ccc6c(c5)c5cc(-c7ccc(-c8ccc(-c9ccc(-c%10ccccc%10)cc9)cc8)cc7)ccc5n6-c5ccc(-c6ccc7ccccc7c6)cc5)cc4)cc3)cc2)cc1. The van der Waals surface area contributed by atoms with Crippen molar-refractivity contribution in [2.45, 2.75) is 0 Å². The van der Waals surface area contributed by atoms with Gasteiger partial charge in [0.25, 0.3) is 0 Å². The van der Waals surface area contributed by atoms with Gasteiger partial charge in [-0.05, 0) is 153 Å². The van der Waals surface area contributed by atoms with Crippen LogP contribution in [0.3, 0.4) is 0 Å². The van der Waals surface area contributed by atoms with Crippen molar-refractivity contribution in [2.75, 3.05) is 0 Å². The molecule has 0 bridgehead atoms. The number of hydrogen-bond acceptors (Lipinski definition) is 0. The molecule has 77 heavy (non-hydrogen) atoms. The van der Waals surface area contributed by atoms with E-state index in [9.17, 15) is 0 Å². The van der Waals surface area contributed by atoms with E-state index in [1.165, 1.54) is 133 Å². The molecule has 0 aliphatic heterocycles. The average Bonchev–Trinajstić information content (AvgIpc) is 3.94. The minimum atomic E-state index is 1.13. The Morgan fingerprint density at radius 1 is 0.156 bits per heavy atom. The smallest absolute Gasteiger partial charge is 0.0541 e. The van der Waals surface area contributed by atoms with Crippen molar-refractivity contribution in [3.8, 4) is 106 Å². The standard InChI is InChI=1S/C76H51N/c1-3-9-52(10-4-1)55-15-19-57(20-16-55)59-23-27-61(28-24-59)63-31-35-65(36-32-63)70-43-47-75-73(50-70)74-51-71(44-48-76(74)77(75)72-45-41-67(42-46-72)69-40-39-54-13-7-8-14-68(54)49-69)66-37-33-64(34-38-66)62-29-25-60(26-30-62)58-21-17-56(18-22-58)53-11-5-2-6-12-53/h1-51H. The minimum Gasteiger partial charge on any atom is -0.309 e. The summed E-state index contributed by atoms with van der Waals surface area (Å²) in [4.78, 5) is 0. The van der Waals surface area contributed by atoms with Crippen LogP contribution in [0, 0.1) is 0 Å². The quantitative estimate of drug-likeness (QED) is 0.129. The van der Waals surface area contributed by atoms with Gasteiger partial charge in [0.05, 0.1) is 11.0 Å². The Bertz CT molecular complexity index is 4150. The van der Waals surface area contributed by atoms with E-state index in [0.717, 1.165) is 5.69 Å². The van der Waals surface area contributed by atoms with Gasteiger partial charge < -0.3 is 4.57 Å². The number of fused-ring (bicyclic) bond motifs is 4. The number of benzene rings is 13. The number of nitrogens with zero attached hydrogens (tertiary/aromatic N) is 1. The highest BCUT2D eigenvalue weighted by Gasteiger charge is 2.16. The van der Waals surface area contributed by atoms with Crippen LogP contribution >= 0.6 is 0 Å². The molecule has 0 radical (unpaired) electrons. The molecule has 0 unspecified atom stereocenters. The van der Waals surface area contributed by atoms with Gasteiger partial charge in [-0.1, -0.05) is 267 Å². The molecule has 360 valence electrons. The fourth-order valence-corrected chi connectivity index (χ4v) is 11.2. The van der Waals surface area contributed by atoms with Crippen LogP contribution in [-0.2, 0) is 0 Å². The van der Waals surface area contributed by atoms with Crippen molar-refractivity contribution >= 4 is 32.6 Å². The molecule has 0 saturated carbocycles. The van der Waals surface area contributed by atoms with Gasteiger partial charge in [0, 0.05) is 16.5 Å². The highest BCUT2D eigenvalue weighted by Crippen LogP contribution is 2.39. The van der Waals surface area contributed by atoms with Gasteiger partial charge in [0.1, 0.15) is 0 Å². The third kappa shape index (κ3) is 8.90. The van der Waals surface area contributed by atoms with Gasteiger partial charge in [0.15, 0.2) is 0 Å². The zero-order valence-electron chi connectivity index (χ0n) is 42.4. The van der Waals surface area contributed by atoms with E-state index in [1.807, 2.05) is 0 Å². The summed E-state index contributed by atoms with van der Waals surface area (Å²) in [6, 6.07) is 113. The van der Waals surface area contributed by atoms with E-state index in [4.69, 9.17) is 0 Å². The first-order chi connectivity index (χ1) is 38.1. The molecule has 13 aromatic carbocycles. The molecule has 1 nitrogen and oxygen atoms in total. The molecular weight excluding hydrogens is 927 g/mol. The van der Waals surface area contributed by atoms with Crippen molar-refractivity contribution < 1.29 is 0 Å². The van der Waals surface area contributed by atoms with Crippen LogP contribution in [0.25, 0.3) is 138 Å². The fraction of sp³-hybridized carbons (Fsp3) is 0. The van der Waals surface area contributed by atoms with E-state index in [-0.39, 0.29) is 0 Å². The molecule has 0 aliphatic rings. The van der Waals surface area contributed by atoms with Crippen molar-refractivity contribution in [3.05, 3.63) is 309 Å². The third-order valence-electron chi connectivity index (χ3n) is 15.5. The molecule has 0 saturated heterocycles. The molecular formula is C76H51N. The maximum atomic E-state index is 2.43. The van der Waals surface area contributed by atoms with Crippen molar-refractivity contribution in [3.63, 3.8) is 0 Å². The van der Waals surface area contributed by atoms with Crippen LogP contribution < -0.4 is 0 Å². The minimum absolute atomic E-state index is 1.13. The predicted octanol–water partition coefficient (Wildman–Crippen LogP) is 20.9. The lowest BCUT2D eigenvalue weighted by molar-refractivity contribution is 1.18. The zero-order valence-corrected chi connectivity index (χ0v) is 42.4. The molecule has 14 aromatic rings. The normalized spacial score (nSPS) is 11.4. The van der Waals surface area contributed by atoms with Gasteiger partial charge in [-0.25, -0.2) is 0 Å². The molecule has 0 amide bonds. The summed E-state index contributed by atoms with van der Waals surface area (Å²) in [5.74, 6) is 0. The van der Waals surface area contributed by atoms with Crippen LogP contribution in [0.2, 0.25) is 0 Å². The molecule has 1 heterocycles. The Morgan fingerprint density at radius 3 is 0.727 bits per heavy atom. The van der Waals surface area contributed by atoms with Crippen molar-refractivity contribution in [1.29, 1.82) is 0 Å². The Labute approximate surface area is 449 Å². The van der Waals surface area contributed by atoms with E-state index in [0.29, 0.717) is 0 Å². The maximum Gasteiger partial charge on any atom is 0.0541 e. The molecule has 14 rings (SSSR count). The molecule has 1 heteroatoms. The highest BCUT2D eigenvalue weighted by molar-refractivity contribution is 6.12. The van der Waals surface area contributed by atoms with Crippen molar-refractivity contribution in [2.24, 2.45) is 0 Å². The molecule has 0 aliphatic carbocycles. The van der Waals surface area contributed by atoms with Crippen LogP contribution in [0.1, 0.15) is 0 Å². The Hall–Kier alpha value is -10.1. The summed E-state index contributed by atoms with van der Waals surface area (Å²) in [6.45, 7) is 0. The third-order valence-corrected chi connectivity index (χ3v) is 15.5. The Morgan fingerprint density at radius 2 is 0.390 bits per heavy atom. The Kier molecular flexibility index (Phi) is 11.6. The topological polar surface area (TPSA) is 4.93 Å². The second-order valence-corrected chi connectivity index (χ2v) is 20.1. The second-order valence-electron chi connectivity index (χ2n) is 20.1. The van der Waals surface area contributed by atoms with Gasteiger partial charge in [-0.2, -0.15) is 0 Å². The molecule has 1 aromatic heterocycles. The average molecular weight is 978 g/mol. The van der Waals surface area contributed by atoms with Gasteiger partial charge in [-0.15, -0.1) is 0 Å². The number of aromatic nitrogens is 1. The van der Waals surface area contributed by atoms with E-state index >= 15 is 0 Å². The van der Waals surface area contributed by atoms with Gasteiger partial charge >= 0.3 is 0 Å². The van der Waals surface area contributed by atoms with E-state index < -0.39 is 0 Å². The first kappa shape index (κ1) is 45.5. The van der Waals surface area contributed by atoms with Crippen molar-refractivity contribution in [1.82, 2.24) is 4.57 Å². The number of rotatable bonds is 10. The molecule has 0 atom stereocenters. The zero-order chi connectivity index (χ0) is 51.1. The number of hydrogen-bond donors (Lipinski definition) is 0. The van der Waals surface area contributed by atoms with Crippen LogP contribution in [0.15, 0.2) is 309 Å². The summed E-state index contributed by atoms with van der Waals surface area (Å²) in [5.41, 5.74) is 25.2. The first-order valence-electron chi connectivity index (χ1n) is 26.5. The van der Waals surface area contributed by atoms with Gasteiger partial charge in [-0.3, -0.25) is 0 Å². The molecule has 0 spiro atoms. The Balaban J connectivity index is 0.768. The van der Waals surface area contributed by atoms with Crippen LogP contribution in [0.4, 0.5) is 0 Å².